The zero-order valence-electron chi connectivity index (χ0n) is 43.3. The minimum atomic E-state index is -3.53. The fourth-order valence-corrected chi connectivity index (χ4v) is 13.3. The SMILES string of the molecule is CC[C@@]1(O)C(=O)OCc2c1cc1n(c2=O)Cc2c-1nc1ccc(NC(=O)CNC(=O)[C@H](Cc3ccccc3)NC(=O)CNC(=O)CNC(=O)CCCCCNC(=O)Cc3cc4sc(S(=O)(=O)C5CC5)nc4cc3F)c3c1c2CCO3. The van der Waals surface area contributed by atoms with E-state index in [9.17, 15) is 56.3 Å². The highest BCUT2D eigenvalue weighted by Crippen LogP contribution is 2.45. The molecule has 3 aromatic heterocycles. The summed E-state index contributed by atoms with van der Waals surface area (Å²) >= 11 is 0.963. The van der Waals surface area contributed by atoms with Crippen LogP contribution in [0.3, 0.4) is 0 Å². The summed E-state index contributed by atoms with van der Waals surface area (Å²) in [7, 11) is -3.53. The van der Waals surface area contributed by atoms with Crippen molar-refractivity contribution in [2.75, 3.05) is 38.1 Å². The van der Waals surface area contributed by atoms with E-state index in [-0.39, 0.29) is 78.5 Å². The third kappa shape index (κ3) is 11.5. The first-order chi connectivity index (χ1) is 38.4. The highest BCUT2D eigenvalue weighted by atomic mass is 32.2. The Morgan fingerprint density at radius 3 is 2.38 bits per heavy atom. The van der Waals surface area contributed by atoms with E-state index in [2.05, 4.69) is 36.9 Å². The van der Waals surface area contributed by atoms with Crippen LogP contribution in [0.15, 0.2) is 69.8 Å². The number of carbonyl (C=O) groups is 7. The standard InChI is InChI=1S/C55H56FN9O13S2/c1-2-55(74)35-22-41-49-33(27-65(41)52(72)34(35)28-78-53(55)73)32-16-18-77-50-38(15-14-37(63-49)48(32)50)61-47(70)26-60-51(71)40(19-29-9-5-3-6-10-29)62-46(69)25-59-45(68)24-58-43(66)11-7-4-8-17-57-44(67)21-30-20-42-39(23-36(30)56)64-54(79-42)80(75,76)31-12-13-31/h3,5-6,9-10,14-15,20,22-23,31,40,74H,2,4,7-8,11-13,16-19,21,24-28H2,1H3,(H,57,67)(H,58,66)(H,59,68)(H,60,71)(H,61,70)(H,62,69)/t40-,55-/m0/s1. The predicted molar refractivity (Wildman–Crippen MR) is 288 cm³/mol. The lowest BCUT2D eigenvalue weighted by atomic mass is 9.86. The molecule has 1 aliphatic carbocycles. The number of esters is 1. The summed E-state index contributed by atoms with van der Waals surface area (Å²) in [6.07, 6.45) is 3.05. The molecule has 2 atom stereocenters. The number of carbonyl (C=O) groups excluding carboxylic acids is 7. The maximum absolute atomic E-state index is 14.8. The van der Waals surface area contributed by atoms with Crippen LogP contribution in [0.2, 0.25) is 0 Å². The largest absolute Gasteiger partial charge is 0.490 e. The normalized spacial score (nSPS) is 16.3. The number of halogens is 1. The molecule has 0 saturated heterocycles. The quantitative estimate of drug-likeness (QED) is 0.0379. The van der Waals surface area contributed by atoms with Gasteiger partial charge in [0.15, 0.2) is 11.4 Å². The maximum Gasteiger partial charge on any atom is 0.343 e. The Morgan fingerprint density at radius 1 is 0.838 bits per heavy atom. The number of hydrogen-bond donors (Lipinski definition) is 7. The van der Waals surface area contributed by atoms with Gasteiger partial charge in [-0.05, 0) is 73.1 Å². The third-order valence-corrected chi connectivity index (χ3v) is 18.2. The van der Waals surface area contributed by atoms with E-state index in [1.807, 2.05) is 0 Å². The van der Waals surface area contributed by atoms with Gasteiger partial charge in [-0.25, -0.2) is 27.6 Å². The van der Waals surface area contributed by atoms with E-state index in [0.29, 0.717) is 82.5 Å². The number of ether oxygens (including phenoxy) is 2. The van der Waals surface area contributed by atoms with Crippen LogP contribution in [0.25, 0.3) is 32.5 Å². The highest BCUT2D eigenvalue weighted by Gasteiger charge is 2.46. The molecule has 0 bridgehead atoms. The second kappa shape index (κ2) is 22.9. The first-order valence-corrected chi connectivity index (χ1v) is 28.6. The molecule has 1 saturated carbocycles. The first kappa shape index (κ1) is 55.2. The topological polar surface area (TPSA) is 312 Å². The summed E-state index contributed by atoms with van der Waals surface area (Å²) in [4.78, 5) is 113. The number of fused-ring (bicyclic) bond motifs is 6. The van der Waals surface area contributed by atoms with Crippen molar-refractivity contribution in [2.24, 2.45) is 0 Å². The average Bonchev–Trinajstić information content (AvgIpc) is 4.33. The molecule has 7 N–H and O–H groups in total. The predicted octanol–water partition coefficient (Wildman–Crippen LogP) is 2.63. The molecule has 0 radical (unpaired) electrons. The van der Waals surface area contributed by atoms with Crippen molar-refractivity contribution in [1.29, 1.82) is 0 Å². The van der Waals surface area contributed by atoms with Crippen molar-refractivity contribution in [3.8, 4) is 17.1 Å². The number of unbranched alkanes of at least 4 members (excludes halogenated alkanes) is 2. The number of anilines is 1. The molecule has 4 aliphatic rings. The highest BCUT2D eigenvalue weighted by molar-refractivity contribution is 7.94. The Hall–Kier alpha value is -8.16. The van der Waals surface area contributed by atoms with Gasteiger partial charge in [0.2, 0.25) is 49.6 Å². The smallest absolute Gasteiger partial charge is 0.343 e. The number of hydrogen-bond acceptors (Lipinski definition) is 16. The monoisotopic (exact) mass is 1130 g/mol. The minimum Gasteiger partial charge on any atom is -0.490 e. The second-order valence-electron chi connectivity index (χ2n) is 20.1. The van der Waals surface area contributed by atoms with Gasteiger partial charge in [0.05, 0.1) is 82.8 Å². The number of rotatable bonds is 22. The molecule has 6 amide bonds. The molecule has 22 nitrogen and oxygen atoms in total. The lowest BCUT2D eigenvalue weighted by Gasteiger charge is -2.31. The summed E-state index contributed by atoms with van der Waals surface area (Å²) in [6, 6.07) is 15.2. The number of nitrogens with one attached hydrogen (secondary N) is 6. The molecule has 3 aliphatic heterocycles. The number of thiazole rings is 1. The molecular weight excluding hydrogens is 1080 g/mol. The molecule has 418 valence electrons. The third-order valence-electron chi connectivity index (χ3n) is 14.5. The van der Waals surface area contributed by atoms with Crippen LogP contribution in [-0.2, 0) is 86.2 Å². The van der Waals surface area contributed by atoms with Crippen molar-refractivity contribution in [2.45, 2.75) is 106 Å². The Kier molecular flexibility index (Phi) is 15.8. The van der Waals surface area contributed by atoms with E-state index in [1.54, 1.807) is 60.0 Å². The summed E-state index contributed by atoms with van der Waals surface area (Å²) < 4.78 is 53.3. The van der Waals surface area contributed by atoms with Crippen molar-refractivity contribution in [1.82, 2.24) is 41.1 Å². The van der Waals surface area contributed by atoms with Crippen LogP contribution in [-0.4, -0.2) is 114 Å². The molecule has 0 spiro atoms. The van der Waals surface area contributed by atoms with Crippen molar-refractivity contribution in [3.05, 3.63) is 110 Å². The summed E-state index contributed by atoms with van der Waals surface area (Å²) in [5, 5.41) is 27.2. The molecule has 1 fully saturated rings. The molecule has 6 heterocycles. The fraction of sp³-hybridized carbons (Fsp3) is 0.382. The lowest BCUT2D eigenvalue weighted by molar-refractivity contribution is -0.172. The molecule has 25 heteroatoms. The molecule has 0 unspecified atom stereocenters. The van der Waals surface area contributed by atoms with Gasteiger partial charge in [-0.1, -0.05) is 43.7 Å². The Bertz CT molecular complexity index is 3720. The number of benzene rings is 3. The molecular formula is C55H56FN9O13S2. The number of sulfone groups is 1. The fourth-order valence-electron chi connectivity index (χ4n) is 10.1. The summed E-state index contributed by atoms with van der Waals surface area (Å²) in [6.45, 7) is 0.646. The van der Waals surface area contributed by atoms with Gasteiger partial charge < -0.3 is 51.0 Å². The Labute approximate surface area is 460 Å². The molecule has 6 aromatic rings. The van der Waals surface area contributed by atoms with Crippen LogP contribution in [0.5, 0.6) is 5.75 Å². The molecule has 3 aromatic carbocycles. The number of aliphatic hydroxyl groups is 1. The number of aromatic nitrogens is 3. The maximum atomic E-state index is 14.8. The molecule has 10 rings (SSSR count). The summed E-state index contributed by atoms with van der Waals surface area (Å²) in [5.74, 6) is -4.60. The molecule has 80 heavy (non-hydrogen) atoms. The van der Waals surface area contributed by atoms with Gasteiger partial charge >= 0.3 is 5.97 Å². The van der Waals surface area contributed by atoms with E-state index in [4.69, 9.17) is 14.5 Å². The number of nitrogens with zero attached hydrogens (tertiary/aromatic N) is 3. The second-order valence-corrected chi connectivity index (χ2v) is 23.5. The van der Waals surface area contributed by atoms with E-state index >= 15 is 0 Å². The van der Waals surface area contributed by atoms with Gasteiger partial charge in [0, 0.05) is 48.4 Å². The number of amides is 6. The van der Waals surface area contributed by atoms with Crippen LogP contribution in [0, 0.1) is 5.82 Å². The van der Waals surface area contributed by atoms with Crippen molar-refractivity contribution < 1.29 is 61.0 Å². The van der Waals surface area contributed by atoms with Gasteiger partial charge in [-0.3, -0.25) is 33.6 Å². The van der Waals surface area contributed by atoms with E-state index < -0.39 is 99.2 Å². The average molecular weight is 1130 g/mol. The van der Waals surface area contributed by atoms with Crippen LogP contribution >= 0.6 is 11.3 Å². The first-order valence-electron chi connectivity index (χ1n) is 26.2. The Morgan fingerprint density at radius 2 is 1.60 bits per heavy atom. The Balaban J connectivity index is 0.666. The van der Waals surface area contributed by atoms with Crippen molar-refractivity contribution in [3.63, 3.8) is 0 Å². The van der Waals surface area contributed by atoms with E-state index in [0.717, 1.165) is 28.5 Å². The minimum absolute atomic E-state index is 0.00676. The van der Waals surface area contributed by atoms with Crippen LogP contribution < -0.4 is 42.2 Å². The van der Waals surface area contributed by atoms with Crippen LogP contribution in [0.4, 0.5) is 10.1 Å². The van der Waals surface area contributed by atoms with Gasteiger partial charge in [0.25, 0.3) is 5.56 Å². The summed E-state index contributed by atoms with van der Waals surface area (Å²) in [5.41, 5.74) is 2.57. The van der Waals surface area contributed by atoms with Gasteiger partial charge in [-0.2, -0.15) is 0 Å². The zero-order chi connectivity index (χ0) is 56.5. The van der Waals surface area contributed by atoms with E-state index in [1.165, 1.54) is 6.07 Å². The number of cyclic esters (lactones) is 1. The van der Waals surface area contributed by atoms with Gasteiger partial charge in [0.1, 0.15) is 18.5 Å². The zero-order valence-corrected chi connectivity index (χ0v) is 45.0. The van der Waals surface area contributed by atoms with Gasteiger partial charge in [-0.15, -0.1) is 11.3 Å². The van der Waals surface area contributed by atoms with Crippen molar-refractivity contribution >= 4 is 89.4 Å². The lowest BCUT2D eigenvalue weighted by Crippen LogP contribution is -2.52. The van der Waals surface area contributed by atoms with Crippen LogP contribution in [0.1, 0.15) is 85.3 Å². The number of pyridine rings is 2.